The fourth-order valence-electron chi connectivity index (χ4n) is 2.63. The molecule has 24 heavy (non-hydrogen) atoms. The minimum Gasteiger partial charge on any atom is -0.479 e. The van der Waals surface area contributed by atoms with Gasteiger partial charge >= 0.3 is 5.97 Å². The molecule has 3 aromatic rings. The van der Waals surface area contributed by atoms with Crippen molar-refractivity contribution in [1.82, 2.24) is 9.38 Å². The third-order valence-corrected chi connectivity index (χ3v) is 3.90. The summed E-state index contributed by atoms with van der Waals surface area (Å²) in [5.41, 5.74) is 2.90. The molecule has 7 heteroatoms. The average Bonchev–Trinajstić information content (AvgIpc) is 2.98. The minimum atomic E-state index is -0.991. The number of hydrogen-bond acceptors (Lipinski definition) is 4. The van der Waals surface area contributed by atoms with Crippen LogP contribution in [0.4, 0.5) is 5.69 Å². The Morgan fingerprint density at radius 1 is 1.29 bits per heavy atom. The molecule has 0 radical (unpaired) electrons. The number of hydrogen-bond donors (Lipinski definition) is 2. The fraction of sp³-hybridized carbons (Fsp3) is 0.118. The predicted molar refractivity (Wildman–Crippen MR) is 86.3 cm³/mol. The second kappa shape index (κ2) is 5.09. The van der Waals surface area contributed by atoms with Crippen molar-refractivity contribution in [3.8, 4) is 17.0 Å². The molecule has 2 aromatic heterocycles. The van der Waals surface area contributed by atoms with Crippen LogP contribution in [-0.2, 0) is 4.79 Å². The summed E-state index contributed by atoms with van der Waals surface area (Å²) in [6.07, 6.45) is 2.74. The van der Waals surface area contributed by atoms with E-state index in [1.165, 1.54) is 12.3 Å². The maximum Gasteiger partial charge on any atom is 0.337 e. The summed E-state index contributed by atoms with van der Waals surface area (Å²) < 4.78 is 7.20. The second-order valence-corrected chi connectivity index (χ2v) is 5.57. The smallest absolute Gasteiger partial charge is 0.337 e. The summed E-state index contributed by atoms with van der Waals surface area (Å²) in [5, 5.41) is 11.9. The van der Waals surface area contributed by atoms with Crippen molar-refractivity contribution < 1.29 is 19.4 Å². The van der Waals surface area contributed by atoms with E-state index in [0.717, 1.165) is 5.56 Å². The number of carbonyl (C=O) groups is 2. The number of imidazole rings is 1. The van der Waals surface area contributed by atoms with Crippen LogP contribution in [-0.4, -0.2) is 32.5 Å². The van der Waals surface area contributed by atoms with Gasteiger partial charge in [0.25, 0.3) is 5.91 Å². The molecule has 2 N–H and O–H groups in total. The number of ether oxygens (including phenoxy) is 1. The molecule has 0 aliphatic carbocycles. The van der Waals surface area contributed by atoms with Gasteiger partial charge < -0.3 is 19.6 Å². The maximum atomic E-state index is 11.7. The Labute approximate surface area is 136 Å². The third kappa shape index (κ3) is 2.26. The number of anilines is 1. The SMILES string of the molecule is CC1Oc2ccc(-c3cn4cc(C(=O)O)ccc4n3)cc2NC1=O. The van der Waals surface area contributed by atoms with Crippen LogP contribution in [0.2, 0.25) is 0 Å². The van der Waals surface area contributed by atoms with Crippen LogP contribution in [0.5, 0.6) is 5.75 Å². The second-order valence-electron chi connectivity index (χ2n) is 5.57. The molecule has 4 rings (SSSR count). The van der Waals surface area contributed by atoms with Crippen LogP contribution >= 0.6 is 0 Å². The lowest BCUT2D eigenvalue weighted by atomic mass is 10.1. The van der Waals surface area contributed by atoms with Crippen molar-refractivity contribution >= 4 is 23.2 Å². The molecule has 1 amide bonds. The van der Waals surface area contributed by atoms with E-state index in [9.17, 15) is 9.59 Å². The van der Waals surface area contributed by atoms with E-state index in [0.29, 0.717) is 22.8 Å². The van der Waals surface area contributed by atoms with E-state index in [1.54, 1.807) is 35.7 Å². The molecular weight excluding hydrogens is 310 g/mol. The fourth-order valence-corrected chi connectivity index (χ4v) is 2.63. The number of fused-ring (bicyclic) bond motifs is 2. The Hall–Kier alpha value is -3.35. The van der Waals surface area contributed by atoms with Gasteiger partial charge in [0.05, 0.1) is 16.9 Å². The summed E-state index contributed by atoms with van der Waals surface area (Å²) in [7, 11) is 0. The van der Waals surface area contributed by atoms with Crippen LogP contribution < -0.4 is 10.1 Å². The molecule has 120 valence electrons. The van der Waals surface area contributed by atoms with E-state index in [2.05, 4.69) is 10.3 Å². The van der Waals surface area contributed by atoms with Gasteiger partial charge in [-0.2, -0.15) is 0 Å². The summed E-state index contributed by atoms with van der Waals surface area (Å²) in [6.45, 7) is 1.69. The number of nitrogens with one attached hydrogen (secondary N) is 1. The lowest BCUT2D eigenvalue weighted by Crippen LogP contribution is -2.34. The summed E-state index contributed by atoms with van der Waals surface area (Å²) in [6, 6.07) is 8.59. The van der Waals surface area contributed by atoms with E-state index < -0.39 is 12.1 Å². The molecule has 0 bridgehead atoms. The first-order chi connectivity index (χ1) is 11.5. The highest BCUT2D eigenvalue weighted by Crippen LogP contribution is 2.33. The first-order valence-corrected chi connectivity index (χ1v) is 7.35. The normalized spacial score (nSPS) is 16.4. The number of nitrogens with zero attached hydrogens (tertiary/aromatic N) is 2. The molecule has 0 fully saturated rings. The highest BCUT2D eigenvalue weighted by Gasteiger charge is 2.23. The summed E-state index contributed by atoms with van der Waals surface area (Å²) in [4.78, 5) is 27.3. The molecule has 7 nitrogen and oxygen atoms in total. The molecule has 0 spiro atoms. The molecule has 1 aromatic carbocycles. The quantitative estimate of drug-likeness (QED) is 0.755. The Balaban J connectivity index is 1.76. The summed E-state index contributed by atoms with van der Waals surface area (Å²) in [5.74, 6) is -0.571. The number of carboxylic acid groups (broad SMARTS) is 1. The minimum absolute atomic E-state index is 0.187. The molecule has 1 aliphatic rings. The Kier molecular flexibility index (Phi) is 3.02. The van der Waals surface area contributed by atoms with Gasteiger partial charge in [-0.3, -0.25) is 4.79 Å². The van der Waals surface area contributed by atoms with Gasteiger partial charge in [0, 0.05) is 18.0 Å². The molecule has 0 saturated heterocycles. The average molecular weight is 323 g/mol. The number of aromatic nitrogens is 2. The molecular formula is C17H13N3O4. The van der Waals surface area contributed by atoms with Crippen molar-refractivity contribution in [3.63, 3.8) is 0 Å². The zero-order chi connectivity index (χ0) is 16.8. The van der Waals surface area contributed by atoms with Crippen LogP contribution in [0.25, 0.3) is 16.9 Å². The van der Waals surface area contributed by atoms with Gasteiger partial charge in [0.2, 0.25) is 0 Å². The Bertz CT molecular complexity index is 993. The zero-order valence-corrected chi connectivity index (χ0v) is 12.7. The molecule has 1 unspecified atom stereocenters. The van der Waals surface area contributed by atoms with Gasteiger partial charge in [-0.15, -0.1) is 0 Å². The molecule has 3 heterocycles. The van der Waals surface area contributed by atoms with Gasteiger partial charge in [-0.25, -0.2) is 9.78 Å². The van der Waals surface area contributed by atoms with Crippen LogP contribution in [0.15, 0.2) is 42.7 Å². The van der Waals surface area contributed by atoms with Gasteiger partial charge in [-0.05, 0) is 37.3 Å². The lowest BCUT2D eigenvalue weighted by molar-refractivity contribution is -0.122. The van der Waals surface area contributed by atoms with Gasteiger partial charge in [0.1, 0.15) is 11.4 Å². The number of pyridine rings is 1. The van der Waals surface area contributed by atoms with Crippen LogP contribution in [0, 0.1) is 0 Å². The Morgan fingerprint density at radius 3 is 2.92 bits per heavy atom. The standard InChI is InChI=1S/C17H13N3O4/c1-9-16(21)19-12-6-10(2-4-14(12)24-9)13-8-20-7-11(17(22)23)3-5-15(20)18-13/h2-9H,1H3,(H,19,21)(H,22,23). The van der Waals surface area contributed by atoms with E-state index in [4.69, 9.17) is 9.84 Å². The third-order valence-electron chi connectivity index (χ3n) is 3.90. The number of carbonyl (C=O) groups excluding carboxylic acids is 1. The molecule has 0 saturated carbocycles. The van der Waals surface area contributed by atoms with Gasteiger partial charge in [-0.1, -0.05) is 0 Å². The Morgan fingerprint density at radius 2 is 2.12 bits per heavy atom. The van der Waals surface area contributed by atoms with Crippen molar-refractivity contribution in [2.45, 2.75) is 13.0 Å². The first kappa shape index (κ1) is 14.3. The van der Waals surface area contributed by atoms with Crippen molar-refractivity contribution in [2.75, 3.05) is 5.32 Å². The molecule has 1 aliphatic heterocycles. The largest absolute Gasteiger partial charge is 0.479 e. The maximum absolute atomic E-state index is 11.7. The molecule has 1 atom stereocenters. The monoisotopic (exact) mass is 323 g/mol. The van der Waals surface area contributed by atoms with Crippen LogP contribution in [0.3, 0.4) is 0 Å². The predicted octanol–water partition coefficient (Wildman–Crippen LogP) is 2.42. The first-order valence-electron chi connectivity index (χ1n) is 7.35. The number of rotatable bonds is 2. The van der Waals surface area contributed by atoms with Crippen molar-refractivity contribution in [2.24, 2.45) is 0 Å². The van der Waals surface area contributed by atoms with E-state index >= 15 is 0 Å². The highest BCUT2D eigenvalue weighted by molar-refractivity contribution is 5.98. The topological polar surface area (TPSA) is 92.9 Å². The van der Waals surface area contributed by atoms with Gasteiger partial charge in [0.15, 0.2) is 6.10 Å². The highest BCUT2D eigenvalue weighted by atomic mass is 16.5. The van der Waals surface area contributed by atoms with Crippen LogP contribution in [0.1, 0.15) is 17.3 Å². The lowest BCUT2D eigenvalue weighted by Gasteiger charge is -2.23. The van der Waals surface area contributed by atoms with Crippen molar-refractivity contribution in [1.29, 1.82) is 0 Å². The number of aromatic carboxylic acids is 1. The van der Waals surface area contributed by atoms with E-state index in [1.807, 2.05) is 6.07 Å². The zero-order valence-electron chi connectivity index (χ0n) is 12.7. The summed E-state index contributed by atoms with van der Waals surface area (Å²) >= 11 is 0. The number of amides is 1. The number of benzene rings is 1. The van der Waals surface area contributed by atoms with Crippen molar-refractivity contribution in [3.05, 3.63) is 48.3 Å². The van der Waals surface area contributed by atoms with E-state index in [-0.39, 0.29) is 11.5 Å². The number of carboxylic acids is 1.